The lowest BCUT2D eigenvalue weighted by Gasteiger charge is -2.23. The summed E-state index contributed by atoms with van der Waals surface area (Å²) >= 11 is 0. The first-order valence-corrected chi connectivity index (χ1v) is 5.32. The van der Waals surface area contributed by atoms with Gasteiger partial charge >= 0.3 is 0 Å². The third-order valence-electron chi connectivity index (χ3n) is 2.52. The molecule has 96 valence electrons. The zero-order chi connectivity index (χ0) is 13.1. The van der Waals surface area contributed by atoms with E-state index in [0.29, 0.717) is 0 Å². The Balaban J connectivity index is 1.98. The van der Waals surface area contributed by atoms with Gasteiger partial charge in [0.2, 0.25) is 11.8 Å². The van der Waals surface area contributed by atoms with Crippen molar-refractivity contribution in [1.29, 1.82) is 0 Å². The summed E-state index contributed by atoms with van der Waals surface area (Å²) in [6, 6.07) is 2.50. The van der Waals surface area contributed by atoms with Gasteiger partial charge in [0.25, 0.3) is 0 Å². The van der Waals surface area contributed by atoms with E-state index in [4.69, 9.17) is 0 Å². The fraction of sp³-hybridized carbons (Fsp3) is 0.273. The molecule has 2 rings (SSSR count). The van der Waals surface area contributed by atoms with Crippen molar-refractivity contribution < 1.29 is 18.4 Å². The summed E-state index contributed by atoms with van der Waals surface area (Å²) in [5, 5.41) is 7.68. The van der Waals surface area contributed by atoms with Crippen molar-refractivity contribution >= 4 is 17.5 Å². The van der Waals surface area contributed by atoms with Crippen molar-refractivity contribution in [2.24, 2.45) is 0 Å². The second-order valence-corrected chi connectivity index (χ2v) is 3.86. The highest BCUT2D eigenvalue weighted by Crippen LogP contribution is 2.13. The van der Waals surface area contributed by atoms with E-state index in [-0.39, 0.29) is 24.7 Å². The van der Waals surface area contributed by atoms with Gasteiger partial charge in [-0.25, -0.2) is 8.78 Å². The van der Waals surface area contributed by atoms with Crippen LogP contribution >= 0.6 is 0 Å². The molecule has 0 aromatic heterocycles. The molecule has 0 spiro atoms. The van der Waals surface area contributed by atoms with Gasteiger partial charge in [-0.2, -0.15) is 0 Å². The van der Waals surface area contributed by atoms with Gasteiger partial charge < -0.3 is 10.6 Å². The smallest absolute Gasteiger partial charge is 0.243 e. The predicted molar refractivity (Wildman–Crippen MR) is 59.8 cm³/mol. The van der Waals surface area contributed by atoms with E-state index in [1.165, 1.54) is 6.07 Å². The number of hydrogen-bond acceptors (Lipinski definition) is 3. The number of hydrogen-bond donors (Lipinski definition) is 3. The third-order valence-corrected chi connectivity index (χ3v) is 2.52. The van der Waals surface area contributed by atoms with Gasteiger partial charge in [0.05, 0.1) is 6.54 Å². The molecule has 0 saturated carbocycles. The van der Waals surface area contributed by atoms with Gasteiger partial charge in [-0.1, -0.05) is 0 Å². The molecule has 1 saturated heterocycles. The second kappa shape index (κ2) is 5.09. The number of carbonyl (C=O) groups is 2. The number of anilines is 1. The number of rotatable bonds is 2. The molecule has 1 atom stereocenters. The maximum absolute atomic E-state index is 12.9. The summed E-state index contributed by atoms with van der Waals surface area (Å²) in [6.07, 6.45) is 0. The Hall–Kier alpha value is -2.02. The third kappa shape index (κ3) is 2.80. The molecule has 5 nitrogen and oxygen atoms in total. The van der Waals surface area contributed by atoms with Crippen LogP contribution in [-0.2, 0) is 9.59 Å². The number of benzene rings is 1. The van der Waals surface area contributed by atoms with Crippen molar-refractivity contribution in [1.82, 2.24) is 10.6 Å². The van der Waals surface area contributed by atoms with Gasteiger partial charge in [-0.05, 0) is 12.1 Å². The molecule has 1 heterocycles. The van der Waals surface area contributed by atoms with Crippen LogP contribution in [0.15, 0.2) is 18.2 Å². The fourth-order valence-electron chi connectivity index (χ4n) is 1.56. The zero-order valence-corrected chi connectivity index (χ0v) is 9.30. The summed E-state index contributed by atoms with van der Waals surface area (Å²) in [5.74, 6) is -2.61. The molecule has 0 bridgehead atoms. The van der Waals surface area contributed by atoms with Crippen LogP contribution in [0.5, 0.6) is 0 Å². The first kappa shape index (κ1) is 12.4. The molecule has 1 unspecified atom stereocenters. The highest BCUT2D eigenvalue weighted by molar-refractivity contribution is 5.96. The Morgan fingerprint density at radius 3 is 2.72 bits per heavy atom. The lowest BCUT2D eigenvalue weighted by molar-refractivity contribution is -0.124. The zero-order valence-electron chi connectivity index (χ0n) is 9.30. The molecule has 7 heteroatoms. The highest BCUT2D eigenvalue weighted by atomic mass is 19.2. The maximum atomic E-state index is 12.9. The number of halogens is 2. The summed E-state index contributed by atoms with van der Waals surface area (Å²) in [4.78, 5) is 22.6. The first-order valence-electron chi connectivity index (χ1n) is 5.32. The Morgan fingerprint density at radius 2 is 2.11 bits per heavy atom. The molecule has 1 aliphatic rings. The van der Waals surface area contributed by atoms with E-state index in [2.05, 4.69) is 16.0 Å². The lowest BCUT2D eigenvalue weighted by atomic mass is 10.2. The summed E-state index contributed by atoms with van der Waals surface area (Å²) in [5.41, 5.74) is 0.164. The normalized spacial score (nSPS) is 19.2. The van der Waals surface area contributed by atoms with Crippen LogP contribution in [0.25, 0.3) is 0 Å². The molecule has 0 radical (unpaired) electrons. The molecule has 2 amide bonds. The van der Waals surface area contributed by atoms with E-state index in [9.17, 15) is 18.4 Å². The topological polar surface area (TPSA) is 70.2 Å². The number of carbonyl (C=O) groups excluding carboxylic acids is 2. The van der Waals surface area contributed by atoms with Crippen LogP contribution in [0, 0.1) is 11.6 Å². The first-order chi connectivity index (χ1) is 8.56. The number of nitrogens with one attached hydrogen (secondary N) is 3. The highest BCUT2D eigenvalue weighted by Gasteiger charge is 2.23. The predicted octanol–water partition coefficient (Wildman–Crippen LogP) is -0.00870. The fourth-order valence-corrected chi connectivity index (χ4v) is 1.56. The molecule has 3 N–H and O–H groups in total. The van der Waals surface area contributed by atoms with Gasteiger partial charge in [-0.15, -0.1) is 0 Å². The molecule has 1 fully saturated rings. The standard InChI is InChI=1S/C11H11F2N3O2/c12-7-2-1-6(3-8(7)13)16-11(18)9-4-15-10(17)5-14-9/h1-3,9,14H,4-5H2,(H,15,17)(H,16,18). The minimum atomic E-state index is -1.03. The van der Waals surface area contributed by atoms with E-state index in [1.807, 2.05) is 0 Å². The Bertz CT molecular complexity index is 483. The minimum absolute atomic E-state index is 0.0515. The van der Waals surface area contributed by atoms with E-state index < -0.39 is 23.6 Å². The van der Waals surface area contributed by atoms with Crippen molar-refractivity contribution in [2.75, 3.05) is 18.4 Å². The van der Waals surface area contributed by atoms with Crippen LogP contribution < -0.4 is 16.0 Å². The molecule has 1 aromatic carbocycles. The summed E-state index contributed by atoms with van der Waals surface area (Å²) < 4.78 is 25.6. The van der Waals surface area contributed by atoms with Gasteiger partial charge in [0.1, 0.15) is 6.04 Å². The van der Waals surface area contributed by atoms with Crippen molar-refractivity contribution in [3.8, 4) is 0 Å². The van der Waals surface area contributed by atoms with Crippen LogP contribution in [0.1, 0.15) is 0 Å². The van der Waals surface area contributed by atoms with Crippen molar-refractivity contribution in [3.05, 3.63) is 29.8 Å². The van der Waals surface area contributed by atoms with Crippen LogP contribution in [0.4, 0.5) is 14.5 Å². The van der Waals surface area contributed by atoms with Crippen LogP contribution in [-0.4, -0.2) is 30.9 Å². The SMILES string of the molecule is O=C1CNC(C(=O)Nc2ccc(F)c(F)c2)CN1. The minimum Gasteiger partial charge on any atom is -0.353 e. The monoisotopic (exact) mass is 255 g/mol. The average Bonchev–Trinajstić information content (AvgIpc) is 2.34. The van der Waals surface area contributed by atoms with E-state index in [0.717, 1.165) is 12.1 Å². The van der Waals surface area contributed by atoms with Gasteiger partial charge in [0, 0.05) is 18.3 Å². The van der Waals surface area contributed by atoms with Crippen molar-refractivity contribution in [2.45, 2.75) is 6.04 Å². The molecule has 0 aliphatic carbocycles. The lowest BCUT2D eigenvalue weighted by Crippen LogP contribution is -2.56. The largest absolute Gasteiger partial charge is 0.353 e. The quantitative estimate of drug-likeness (QED) is 0.696. The van der Waals surface area contributed by atoms with Crippen molar-refractivity contribution in [3.63, 3.8) is 0 Å². The second-order valence-electron chi connectivity index (χ2n) is 3.86. The molecule has 1 aromatic rings. The number of amides is 2. The Labute approximate surface area is 102 Å². The summed E-state index contributed by atoms with van der Waals surface area (Å²) in [6.45, 7) is 0.213. The Morgan fingerprint density at radius 1 is 1.33 bits per heavy atom. The summed E-state index contributed by atoms with van der Waals surface area (Å²) in [7, 11) is 0. The van der Waals surface area contributed by atoms with Gasteiger partial charge in [0.15, 0.2) is 11.6 Å². The Kier molecular flexibility index (Phi) is 3.52. The molecular weight excluding hydrogens is 244 g/mol. The molecular formula is C11H11F2N3O2. The molecule has 18 heavy (non-hydrogen) atoms. The maximum Gasteiger partial charge on any atom is 0.243 e. The van der Waals surface area contributed by atoms with Crippen LogP contribution in [0.2, 0.25) is 0 Å². The van der Waals surface area contributed by atoms with Gasteiger partial charge in [-0.3, -0.25) is 14.9 Å². The van der Waals surface area contributed by atoms with E-state index >= 15 is 0 Å². The van der Waals surface area contributed by atoms with Crippen LogP contribution in [0.3, 0.4) is 0 Å². The molecule has 1 aliphatic heterocycles. The average molecular weight is 255 g/mol. The van der Waals surface area contributed by atoms with E-state index in [1.54, 1.807) is 0 Å². The number of piperazine rings is 1.